The summed E-state index contributed by atoms with van der Waals surface area (Å²) in [5.41, 5.74) is 0.606. The van der Waals surface area contributed by atoms with Gasteiger partial charge in [-0.15, -0.1) is 6.42 Å². The van der Waals surface area contributed by atoms with Gasteiger partial charge in [0.1, 0.15) is 6.23 Å². The lowest BCUT2D eigenvalue weighted by molar-refractivity contribution is 0.159. The molecule has 1 aromatic rings. The van der Waals surface area contributed by atoms with Crippen molar-refractivity contribution in [1.29, 1.82) is 0 Å². The second-order valence-corrected chi connectivity index (χ2v) is 4.93. The maximum absolute atomic E-state index is 11.7. The van der Waals surface area contributed by atoms with Crippen LogP contribution in [0, 0.1) is 12.3 Å². The smallest absolute Gasteiger partial charge is 0.242 e. The molecule has 1 aromatic carbocycles. The molecular weight excluding hydrogens is 226 g/mol. The SMILES string of the molecule is C#Cc1ccc(S(=O)(=O)NC(O)CC)cc1. The summed E-state index contributed by atoms with van der Waals surface area (Å²) in [5.74, 6) is 2.39. The van der Waals surface area contributed by atoms with Gasteiger partial charge in [0.15, 0.2) is 0 Å². The summed E-state index contributed by atoms with van der Waals surface area (Å²) in [4.78, 5) is 0.0824. The van der Waals surface area contributed by atoms with Crippen LogP contribution in [0.2, 0.25) is 0 Å². The van der Waals surface area contributed by atoms with E-state index in [1.807, 2.05) is 0 Å². The summed E-state index contributed by atoms with van der Waals surface area (Å²) in [6.45, 7) is 1.68. The number of aliphatic hydroxyl groups is 1. The Bertz CT molecular complexity index is 485. The fourth-order valence-electron chi connectivity index (χ4n) is 1.06. The van der Waals surface area contributed by atoms with E-state index in [1.165, 1.54) is 24.3 Å². The van der Waals surface area contributed by atoms with Crippen molar-refractivity contribution < 1.29 is 13.5 Å². The van der Waals surface area contributed by atoms with Crippen molar-refractivity contribution in [3.05, 3.63) is 29.8 Å². The van der Waals surface area contributed by atoms with E-state index >= 15 is 0 Å². The van der Waals surface area contributed by atoms with Gasteiger partial charge in [0.2, 0.25) is 10.0 Å². The van der Waals surface area contributed by atoms with E-state index in [0.29, 0.717) is 12.0 Å². The third kappa shape index (κ3) is 3.07. The topological polar surface area (TPSA) is 66.4 Å². The first-order valence-corrected chi connectivity index (χ1v) is 6.25. The minimum atomic E-state index is -3.67. The van der Waals surface area contributed by atoms with Crippen molar-refractivity contribution >= 4 is 10.0 Å². The Kier molecular flexibility index (Phi) is 4.07. The molecule has 0 bridgehead atoms. The summed E-state index contributed by atoms with van der Waals surface area (Å²) in [6.07, 6.45) is 4.39. The number of terminal acetylenes is 1. The lowest BCUT2D eigenvalue weighted by Crippen LogP contribution is -2.33. The summed E-state index contributed by atoms with van der Waals surface area (Å²) in [7, 11) is -3.67. The lowest BCUT2D eigenvalue weighted by atomic mass is 10.2. The van der Waals surface area contributed by atoms with Crippen LogP contribution in [0.3, 0.4) is 0 Å². The average molecular weight is 239 g/mol. The van der Waals surface area contributed by atoms with Crippen LogP contribution in [0.5, 0.6) is 0 Å². The molecule has 0 heterocycles. The molecule has 5 heteroatoms. The molecule has 0 aliphatic heterocycles. The van der Waals surface area contributed by atoms with E-state index in [2.05, 4.69) is 10.6 Å². The van der Waals surface area contributed by atoms with Crippen molar-refractivity contribution in [3.63, 3.8) is 0 Å². The average Bonchev–Trinajstić information content (AvgIpc) is 2.28. The molecule has 1 atom stereocenters. The Morgan fingerprint density at radius 1 is 1.44 bits per heavy atom. The molecule has 0 saturated heterocycles. The van der Waals surface area contributed by atoms with Crippen LogP contribution in [0.15, 0.2) is 29.2 Å². The van der Waals surface area contributed by atoms with Crippen LogP contribution in [0.25, 0.3) is 0 Å². The lowest BCUT2D eigenvalue weighted by Gasteiger charge is -2.11. The number of aliphatic hydroxyl groups excluding tert-OH is 1. The molecular formula is C11H13NO3S. The molecule has 0 aliphatic carbocycles. The van der Waals surface area contributed by atoms with Crippen LogP contribution in [-0.2, 0) is 10.0 Å². The van der Waals surface area contributed by atoms with Gasteiger partial charge in [0, 0.05) is 5.56 Å². The van der Waals surface area contributed by atoms with E-state index in [1.54, 1.807) is 6.92 Å². The van der Waals surface area contributed by atoms with Gasteiger partial charge in [0.05, 0.1) is 4.90 Å². The first kappa shape index (κ1) is 12.7. The first-order valence-electron chi connectivity index (χ1n) is 4.76. The monoisotopic (exact) mass is 239 g/mol. The zero-order valence-corrected chi connectivity index (χ0v) is 9.66. The molecule has 1 rings (SSSR count). The zero-order chi connectivity index (χ0) is 12.2. The zero-order valence-electron chi connectivity index (χ0n) is 8.84. The number of hydrogen-bond acceptors (Lipinski definition) is 3. The molecule has 0 radical (unpaired) electrons. The van der Waals surface area contributed by atoms with Crippen LogP contribution >= 0.6 is 0 Å². The number of sulfonamides is 1. The molecule has 0 amide bonds. The predicted molar refractivity (Wildman–Crippen MR) is 61.0 cm³/mol. The van der Waals surface area contributed by atoms with Crippen molar-refractivity contribution in [2.75, 3.05) is 0 Å². The number of hydrogen-bond donors (Lipinski definition) is 2. The standard InChI is InChI=1S/C11H13NO3S/c1-3-9-5-7-10(8-6-9)16(14,15)12-11(13)4-2/h1,5-8,11-13H,4H2,2H3. The highest BCUT2D eigenvalue weighted by molar-refractivity contribution is 7.89. The van der Waals surface area contributed by atoms with E-state index in [4.69, 9.17) is 6.42 Å². The molecule has 4 nitrogen and oxygen atoms in total. The van der Waals surface area contributed by atoms with E-state index in [-0.39, 0.29) is 4.90 Å². The van der Waals surface area contributed by atoms with Crippen molar-refractivity contribution in [1.82, 2.24) is 4.72 Å². The van der Waals surface area contributed by atoms with Crippen LogP contribution in [0.4, 0.5) is 0 Å². The summed E-state index contributed by atoms with van der Waals surface area (Å²) in [5, 5.41) is 9.23. The minimum absolute atomic E-state index is 0.0824. The van der Waals surface area contributed by atoms with Gasteiger partial charge in [0.25, 0.3) is 0 Å². The van der Waals surface area contributed by atoms with E-state index in [0.717, 1.165) is 0 Å². The quantitative estimate of drug-likeness (QED) is 0.599. The van der Waals surface area contributed by atoms with Gasteiger partial charge < -0.3 is 5.11 Å². The Balaban J connectivity index is 2.95. The Morgan fingerprint density at radius 3 is 2.44 bits per heavy atom. The molecule has 0 spiro atoms. The highest BCUT2D eigenvalue weighted by atomic mass is 32.2. The van der Waals surface area contributed by atoms with Gasteiger partial charge >= 0.3 is 0 Å². The predicted octanol–water partition coefficient (Wildman–Crippen LogP) is 0.675. The third-order valence-corrected chi connectivity index (χ3v) is 3.48. The van der Waals surface area contributed by atoms with Gasteiger partial charge in [-0.05, 0) is 30.7 Å². The Hall–Kier alpha value is -1.35. The Labute approximate surface area is 95.4 Å². The molecule has 0 saturated carbocycles. The highest BCUT2D eigenvalue weighted by Crippen LogP contribution is 2.10. The first-order chi connectivity index (χ1) is 7.49. The maximum atomic E-state index is 11.7. The van der Waals surface area contributed by atoms with Crippen LogP contribution < -0.4 is 4.72 Å². The van der Waals surface area contributed by atoms with Crippen molar-refractivity contribution in [2.45, 2.75) is 24.5 Å². The maximum Gasteiger partial charge on any atom is 0.242 e. The second kappa shape index (κ2) is 5.12. The number of benzene rings is 1. The van der Waals surface area contributed by atoms with E-state index in [9.17, 15) is 13.5 Å². The third-order valence-electron chi connectivity index (χ3n) is 2.01. The normalized spacial score (nSPS) is 13.1. The van der Waals surface area contributed by atoms with Gasteiger partial charge in [-0.3, -0.25) is 0 Å². The summed E-state index contributed by atoms with van der Waals surface area (Å²) < 4.78 is 25.5. The molecule has 16 heavy (non-hydrogen) atoms. The highest BCUT2D eigenvalue weighted by Gasteiger charge is 2.16. The van der Waals surface area contributed by atoms with Crippen LogP contribution in [0.1, 0.15) is 18.9 Å². The van der Waals surface area contributed by atoms with Gasteiger partial charge in [-0.1, -0.05) is 12.8 Å². The molecule has 0 aliphatic rings. The summed E-state index contributed by atoms with van der Waals surface area (Å²) >= 11 is 0. The molecule has 86 valence electrons. The minimum Gasteiger partial charge on any atom is -0.378 e. The molecule has 1 unspecified atom stereocenters. The van der Waals surface area contributed by atoms with Crippen LogP contribution in [-0.4, -0.2) is 19.8 Å². The van der Waals surface area contributed by atoms with E-state index < -0.39 is 16.3 Å². The number of nitrogens with one attached hydrogen (secondary N) is 1. The van der Waals surface area contributed by atoms with Crippen molar-refractivity contribution in [3.8, 4) is 12.3 Å². The van der Waals surface area contributed by atoms with Gasteiger partial charge in [-0.25, -0.2) is 8.42 Å². The fraction of sp³-hybridized carbons (Fsp3) is 0.273. The number of rotatable bonds is 4. The molecule has 2 N–H and O–H groups in total. The molecule has 0 fully saturated rings. The fourth-order valence-corrected chi connectivity index (χ4v) is 2.22. The summed E-state index contributed by atoms with van der Waals surface area (Å²) in [6, 6.07) is 5.87. The second-order valence-electron chi connectivity index (χ2n) is 3.21. The van der Waals surface area contributed by atoms with Gasteiger partial charge in [-0.2, -0.15) is 4.72 Å². The molecule has 0 aromatic heterocycles. The Morgan fingerprint density at radius 2 is 2.00 bits per heavy atom. The largest absolute Gasteiger partial charge is 0.378 e. The van der Waals surface area contributed by atoms with Crippen molar-refractivity contribution in [2.24, 2.45) is 0 Å².